The van der Waals surface area contributed by atoms with Crippen LogP contribution in [0, 0.1) is 13.8 Å². The van der Waals surface area contributed by atoms with E-state index >= 15 is 0 Å². The summed E-state index contributed by atoms with van der Waals surface area (Å²) in [6.07, 6.45) is 4.13. The number of aromatic amines is 1. The summed E-state index contributed by atoms with van der Waals surface area (Å²) in [6, 6.07) is 14.1. The van der Waals surface area contributed by atoms with Gasteiger partial charge in [0, 0.05) is 22.6 Å². The van der Waals surface area contributed by atoms with E-state index in [0.29, 0.717) is 5.57 Å². The van der Waals surface area contributed by atoms with Crippen molar-refractivity contribution in [2.45, 2.75) is 26.7 Å². The Balaban J connectivity index is 1.62. The van der Waals surface area contributed by atoms with E-state index < -0.39 is 0 Å². The van der Waals surface area contributed by atoms with Gasteiger partial charge in [-0.15, -0.1) is 0 Å². The van der Waals surface area contributed by atoms with E-state index in [2.05, 4.69) is 49.2 Å². The van der Waals surface area contributed by atoms with Crippen LogP contribution in [0.3, 0.4) is 0 Å². The normalized spacial score (nSPS) is 14.2. The lowest BCUT2D eigenvalue weighted by Gasteiger charge is -2.09. The molecule has 166 valence electrons. The lowest BCUT2D eigenvalue weighted by Crippen LogP contribution is -2.13. The molecule has 0 atom stereocenters. The third-order valence-electron chi connectivity index (χ3n) is 6.18. The molecule has 5 heteroatoms. The Kier molecular flexibility index (Phi) is 6.19. The second-order valence-corrected chi connectivity index (χ2v) is 8.68. The molecule has 1 aliphatic heterocycles. The maximum absolute atomic E-state index is 12.8. The van der Waals surface area contributed by atoms with Gasteiger partial charge >= 0.3 is 0 Å². The molecular weight excluding hydrogens is 398 g/mol. The summed E-state index contributed by atoms with van der Waals surface area (Å²) >= 11 is 0. The number of aromatic nitrogens is 1. The molecular formula is C27H31N3O2. The number of ether oxygens (including phenoxy) is 1. The molecule has 5 nitrogen and oxygen atoms in total. The van der Waals surface area contributed by atoms with E-state index in [1.54, 1.807) is 7.11 Å². The standard InChI is InChI=1S/C27H31N3O2/c1-17-22(7-6-14-30(3)4)18(2)28-25(17)16-24-23-13-10-20(15-26(23)29-27(24)31)19-8-11-21(32-5)12-9-19/h8-13,15-16,28H,6-7,14H2,1-5H3,(H,29,31)/b24-16-. The number of anilines is 1. The Hall–Kier alpha value is -3.31. The highest BCUT2D eigenvalue weighted by Gasteiger charge is 2.25. The van der Waals surface area contributed by atoms with Gasteiger partial charge in [0.15, 0.2) is 0 Å². The van der Waals surface area contributed by atoms with Crippen molar-refractivity contribution in [2.75, 3.05) is 33.1 Å². The summed E-state index contributed by atoms with van der Waals surface area (Å²) in [5.41, 5.74) is 9.40. The fourth-order valence-corrected chi connectivity index (χ4v) is 4.35. The van der Waals surface area contributed by atoms with Gasteiger partial charge < -0.3 is 19.9 Å². The van der Waals surface area contributed by atoms with Crippen LogP contribution < -0.4 is 10.1 Å². The number of aryl methyl sites for hydroxylation is 1. The first-order valence-corrected chi connectivity index (χ1v) is 11.0. The fourth-order valence-electron chi connectivity index (χ4n) is 4.35. The van der Waals surface area contributed by atoms with Gasteiger partial charge in [0.25, 0.3) is 5.91 Å². The summed E-state index contributed by atoms with van der Waals surface area (Å²) in [4.78, 5) is 18.5. The van der Waals surface area contributed by atoms with Gasteiger partial charge in [-0.1, -0.05) is 24.3 Å². The predicted molar refractivity (Wildman–Crippen MR) is 132 cm³/mol. The summed E-state index contributed by atoms with van der Waals surface area (Å²) in [5.74, 6) is 0.763. The van der Waals surface area contributed by atoms with Crippen molar-refractivity contribution in [3.63, 3.8) is 0 Å². The Morgan fingerprint density at radius 3 is 2.44 bits per heavy atom. The number of carbonyl (C=O) groups excluding carboxylic acids is 1. The van der Waals surface area contributed by atoms with Crippen molar-refractivity contribution in [3.05, 3.63) is 70.5 Å². The molecule has 0 fully saturated rings. The van der Waals surface area contributed by atoms with E-state index in [1.165, 1.54) is 16.8 Å². The molecule has 0 saturated carbocycles. The molecule has 2 N–H and O–H groups in total. The van der Waals surface area contributed by atoms with Crippen LogP contribution in [0.4, 0.5) is 5.69 Å². The first kappa shape index (κ1) is 21.9. The lowest BCUT2D eigenvalue weighted by atomic mass is 9.99. The third kappa shape index (κ3) is 4.34. The molecule has 2 aromatic carbocycles. The minimum atomic E-state index is -0.0623. The molecule has 1 aliphatic rings. The summed E-state index contributed by atoms with van der Waals surface area (Å²) in [7, 11) is 5.86. The monoisotopic (exact) mass is 429 g/mol. The molecule has 3 aromatic rings. The van der Waals surface area contributed by atoms with Crippen LogP contribution in [0.15, 0.2) is 42.5 Å². The number of carbonyl (C=O) groups is 1. The van der Waals surface area contributed by atoms with Crippen LogP contribution >= 0.6 is 0 Å². The second-order valence-electron chi connectivity index (χ2n) is 8.68. The van der Waals surface area contributed by atoms with Crippen LogP contribution in [0.1, 0.15) is 34.5 Å². The van der Waals surface area contributed by atoms with Gasteiger partial charge in [-0.25, -0.2) is 0 Å². The first-order chi connectivity index (χ1) is 15.4. The van der Waals surface area contributed by atoms with Crippen molar-refractivity contribution < 1.29 is 9.53 Å². The van der Waals surface area contributed by atoms with Gasteiger partial charge in [-0.2, -0.15) is 0 Å². The van der Waals surface area contributed by atoms with Gasteiger partial charge in [-0.3, -0.25) is 4.79 Å². The number of nitrogens with one attached hydrogen (secondary N) is 2. The zero-order valence-corrected chi connectivity index (χ0v) is 19.5. The first-order valence-electron chi connectivity index (χ1n) is 11.0. The van der Waals surface area contributed by atoms with Crippen LogP contribution in [0.5, 0.6) is 5.75 Å². The second kappa shape index (κ2) is 9.05. The molecule has 0 saturated heterocycles. The number of rotatable bonds is 7. The zero-order chi connectivity index (χ0) is 22.8. The number of fused-ring (bicyclic) bond motifs is 1. The number of hydrogen-bond acceptors (Lipinski definition) is 3. The van der Waals surface area contributed by atoms with E-state index in [9.17, 15) is 4.79 Å². The zero-order valence-electron chi connectivity index (χ0n) is 19.5. The number of amides is 1. The molecule has 1 aromatic heterocycles. The topological polar surface area (TPSA) is 57.4 Å². The quantitative estimate of drug-likeness (QED) is 0.502. The third-order valence-corrected chi connectivity index (χ3v) is 6.18. The van der Waals surface area contributed by atoms with Crippen molar-refractivity contribution in [2.24, 2.45) is 0 Å². The highest BCUT2D eigenvalue weighted by atomic mass is 16.5. The number of hydrogen-bond donors (Lipinski definition) is 2. The number of nitrogens with zero attached hydrogens (tertiary/aromatic N) is 1. The van der Waals surface area contributed by atoms with E-state index in [0.717, 1.165) is 53.2 Å². The van der Waals surface area contributed by atoms with Crippen LogP contribution in [0.25, 0.3) is 22.8 Å². The molecule has 0 radical (unpaired) electrons. The minimum Gasteiger partial charge on any atom is -0.497 e. The van der Waals surface area contributed by atoms with Crippen molar-refractivity contribution >= 4 is 23.2 Å². The summed E-state index contributed by atoms with van der Waals surface area (Å²) in [5, 5.41) is 3.04. The lowest BCUT2D eigenvalue weighted by molar-refractivity contribution is -0.110. The molecule has 0 aliphatic carbocycles. The van der Waals surface area contributed by atoms with E-state index in [-0.39, 0.29) is 5.91 Å². The van der Waals surface area contributed by atoms with Crippen LogP contribution in [-0.2, 0) is 11.2 Å². The average molecular weight is 430 g/mol. The molecule has 0 bridgehead atoms. The number of benzene rings is 2. The molecule has 2 heterocycles. The van der Waals surface area contributed by atoms with Gasteiger partial charge in [-0.05, 0) is 93.9 Å². The minimum absolute atomic E-state index is 0.0623. The van der Waals surface area contributed by atoms with E-state index in [1.807, 2.05) is 42.5 Å². The maximum Gasteiger partial charge on any atom is 0.256 e. The number of H-pyrrole nitrogens is 1. The van der Waals surface area contributed by atoms with Crippen LogP contribution in [-0.4, -0.2) is 43.5 Å². The molecule has 1 amide bonds. The van der Waals surface area contributed by atoms with Gasteiger partial charge in [0.05, 0.1) is 12.7 Å². The highest BCUT2D eigenvalue weighted by molar-refractivity contribution is 6.35. The summed E-state index contributed by atoms with van der Waals surface area (Å²) < 4.78 is 5.25. The Morgan fingerprint density at radius 2 is 1.75 bits per heavy atom. The predicted octanol–water partition coefficient (Wildman–Crippen LogP) is 5.29. The number of methoxy groups -OCH3 is 1. The highest BCUT2D eigenvalue weighted by Crippen LogP contribution is 2.37. The molecule has 32 heavy (non-hydrogen) atoms. The van der Waals surface area contributed by atoms with E-state index in [4.69, 9.17) is 4.74 Å². The van der Waals surface area contributed by atoms with Gasteiger partial charge in [0.1, 0.15) is 5.75 Å². The Labute approximate surface area is 190 Å². The SMILES string of the molecule is COc1ccc(-c2ccc3c(c2)NC(=O)/C3=C\c2[nH]c(C)c(CCCN(C)C)c2C)cc1. The average Bonchev–Trinajstić information content (AvgIpc) is 3.23. The molecule has 4 rings (SSSR count). The maximum atomic E-state index is 12.8. The van der Waals surface area contributed by atoms with Crippen molar-refractivity contribution in [1.29, 1.82) is 0 Å². The smallest absolute Gasteiger partial charge is 0.256 e. The van der Waals surface area contributed by atoms with Crippen molar-refractivity contribution in [1.82, 2.24) is 9.88 Å². The summed E-state index contributed by atoms with van der Waals surface area (Å²) in [6.45, 7) is 5.32. The van der Waals surface area contributed by atoms with Crippen LogP contribution in [0.2, 0.25) is 0 Å². The molecule has 0 unspecified atom stereocenters. The Bertz CT molecular complexity index is 1170. The van der Waals surface area contributed by atoms with Gasteiger partial charge in [0.2, 0.25) is 0 Å². The fraction of sp³-hybridized carbons (Fsp3) is 0.296. The Morgan fingerprint density at radius 1 is 1.03 bits per heavy atom. The molecule has 0 spiro atoms. The van der Waals surface area contributed by atoms with Crippen molar-refractivity contribution in [3.8, 4) is 16.9 Å². The largest absolute Gasteiger partial charge is 0.497 e.